The molecule has 1 aliphatic carbocycles. The Morgan fingerprint density at radius 3 is 2.25 bits per heavy atom. The van der Waals surface area contributed by atoms with E-state index in [-0.39, 0.29) is 30.1 Å². The lowest BCUT2D eigenvalue weighted by atomic mass is 10.1. The lowest BCUT2D eigenvalue weighted by Gasteiger charge is -2.05. The van der Waals surface area contributed by atoms with Crippen LogP contribution in [-0.4, -0.2) is 20.2 Å². The fourth-order valence-electron chi connectivity index (χ4n) is 1.59. The summed E-state index contributed by atoms with van der Waals surface area (Å²) in [6.07, 6.45) is 2.63. The smallest absolute Gasteiger partial charge is 0.209 e. The molecule has 0 aromatic heterocycles. The number of sulfonamides is 1. The van der Waals surface area contributed by atoms with Gasteiger partial charge in [0.1, 0.15) is 0 Å². The van der Waals surface area contributed by atoms with Gasteiger partial charge in [0.2, 0.25) is 10.0 Å². The van der Waals surface area contributed by atoms with Crippen LogP contribution < -0.4 is 10.9 Å². The normalized spacial score (nSPS) is 29.8. The lowest BCUT2D eigenvalue weighted by molar-refractivity contribution is 0.554. The Bertz CT molecular complexity index is 230. The highest BCUT2D eigenvalue weighted by atomic mass is 35.5. The van der Waals surface area contributed by atoms with Crippen LogP contribution in [0.4, 0.5) is 0 Å². The van der Waals surface area contributed by atoms with E-state index in [4.69, 9.17) is 10.9 Å². The highest BCUT2D eigenvalue weighted by Crippen LogP contribution is 2.24. The third kappa shape index (κ3) is 4.25. The van der Waals surface area contributed by atoms with Crippen LogP contribution in [0.25, 0.3) is 0 Å². The second kappa shape index (κ2) is 4.41. The van der Waals surface area contributed by atoms with Crippen LogP contribution in [0.3, 0.4) is 0 Å². The number of hydrogen-bond donors (Lipinski definition) is 2. The Morgan fingerprint density at radius 2 is 1.92 bits per heavy atom. The van der Waals surface area contributed by atoms with Gasteiger partial charge in [-0.2, -0.15) is 0 Å². The second-order valence-electron chi connectivity index (χ2n) is 3.27. The minimum Gasteiger partial charge on any atom is -0.328 e. The Morgan fingerprint density at radius 1 is 1.33 bits per heavy atom. The predicted octanol–water partition coefficient (Wildman–Crippen LogP) is -0.176. The summed E-state index contributed by atoms with van der Waals surface area (Å²) in [5, 5.41) is 4.89. The molecule has 0 heterocycles. The topological polar surface area (TPSA) is 86.2 Å². The van der Waals surface area contributed by atoms with Gasteiger partial charge in [0.25, 0.3) is 0 Å². The van der Waals surface area contributed by atoms with Crippen LogP contribution in [0.5, 0.6) is 0 Å². The molecule has 74 valence electrons. The van der Waals surface area contributed by atoms with E-state index in [9.17, 15) is 8.42 Å². The van der Waals surface area contributed by atoms with Gasteiger partial charge in [-0.3, -0.25) is 0 Å². The monoisotopic (exact) mass is 214 g/mol. The number of hydrogen-bond acceptors (Lipinski definition) is 3. The van der Waals surface area contributed by atoms with Crippen LogP contribution >= 0.6 is 12.4 Å². The van der Waals surface area contributed by atoms with E-state index in [0.29, 0.717) is 0 Å². The minimum absolute atomic E-state index is 0. The number of primary sulfonamides is 1. The fourth-order valence-corrected chi connectivity index (χ4v) is 2.55. The quantitative estimate of drug-likeness (QED) is 0.669. The summed E-state index contributed by atoms with van der Waals surface area (Å²) < 4.78 is 21.3. The molecule has 2 atom stereocenters. The summed E-state index contributed by atoms with van der Waals surface area (Å²) in [4.78, 5) is 0. The molecule has 0 amide bonds. The molecule has 0 aliphatic heterocycles. The van der Waals surface area contributed by atoms with Crippen LogP contribution in [0.2, 0.25) is 0 Å². The molecule has 0 bridgehead atoms. The first-order chi connectivity index (χ1) is 4.97. The van der Waals surface area contributed by atoms with Crippen LogP contribution in [0, 0.1) is 5.92 Å². The summed E-state index contributed by atoms with van der Waals surface area (Å²) >= 11 is 0. The van der Waals surface area contributed by atoms with Gasteiger partial charge in [-0.15, -0.1) is 12.4 Å². The summed E-state index contributed by atoms with van der Waals surface area (Å²) in [6, 6.07) is 0.182. The molecule has 0 aromatic carbocycles. The largest absolute Gasteiger partial charge is 0.328 e. The zero-order valence-electron chi connectivity index (χ0n) is 6.77. The molecule has 0 aromatic rings. The summed E-state index contributed by atoms with van der Waals surface area (Å²) in [5.41, 5.74) is 5.61. The minimum atomic E-state index is -3.29. The Labute approximate surface area is 79.2 Å². The molecule has 0 saturated heterocycles. The molecular weight excluding hydrogens is 200 g/mol. The average molecular weight is 215 g/mol. The molecule has 1 rings (SSSR count). The molecule has 1 fully saturated rings. The third-order valence-corrected chi connectivity index (χ3v) is 2.99. The van der Waals surface area contributed by atoms with Crippen LogP contribution in [0.15, 0.2) is 0 Å². The Hall–Kier alpha value is 0.160. The third-order valence-electron chi connectivity index (χ3n) is 2.05. The summed E-state index contributed by atoms with van der Waals surface area (Å²) in [5.74, 6) is 0.292. The van der Waals surface area contributed by atoms with Gasteiger partial charge in [0.15, 0.2) is 0 Å². The van der Waals surface area contributed by atoms with Gasteiger partial charge in [0.05, 0.1) is 5.75 Å². The van der Waals surface area contributed by atoms with Gasteiger partial charge >= 0.3 is 0 Å². The van der Waals surface area contributed by atoms with Gasteiger partial charge < -0.3 is 5.73 Å². The van der Waals surface area contributed by atoms with E-state index in [1.165, 1.54) is 0 Å². The molecule has 4 nitrogen and oxygen atoms in total. The van der Waals surface area contributed by atoms with Crippen molar-refractivity contribution in [2.24, 2.45) is 16.8 Å². The standard InChI is InChI=1S/C6H14N2O2S.ClH/c7-6-2-1-5(3-6)4-11(8,9)10;/h5-6H,1-4,7H2,(H2,8,9,10);1H/t5-,6+;/m0./s1. The van der Waals surface area contributed by atoms with Crippen molar-refractivity contribution in [1.82, 2.24) is 0 Å². The van der Waals surface area contributed by atoms with E-state index in [0.717, 1.165) is 19.3 Å². The molecule has 0 radical (unpaired) electrons. The Balaban J connectivity index is 0.00000121. The molecular formula is C6H15ClN2O2S. The molecule has 4 N–H and O–H groups in total. The van der Waals surface area contributed by atoms with E-state index >= 15 is 0 Å². The van der Waals surface area contributed by atoms with Crippen molar-refractivity contribution in [3.05, 3.63) is 0 Å². The van der Waals surface area contributed by atoms with Crippen molar-refractivity contribution in [3.63, 3.8) is 0 Å². The first-order valence-corrected chi connectivity index (χ1v) is 5.45. The van der Waals surface area contributed by atoms with E-state index in [2.05, 4.69) is 0 Å². The molecule has 0 spiro atoms. The van der Waals surface area contributed by atoms with Crippen molar-refractivity contribution < 1.29 is 8.42 Å². The van der Waals surface area contributed by atoms with Crippen molar-refractivity contribution >= 4 is 22.4 Å². The van der Waals surface area contributed by atoms with Crippen LogP contribution in [-0.2, 0) is 10.0 Å². The first-order valence-electron chi connectivity index (χ1n) is 3.73. The van der Waals surface area contributed by atoms with Gasteiger partial charge in [0, 0.05) is 6.04 Å². The lowest BCUT2D eigenvalue weighted by Crippen LogP contribution is -2.23. The van der Waals surface area contributed by atoms with Crippen molar-refractivity contribution in [3.8, 4) is 0 Å². The summed E-state index contributed by atoms with van der Waals surface area (Å²) in [6.45, 7) is 0. The predicted molar refractivity (Wildman–Crippen MR) is 50.5 cm³/mol. The number of halogens is 1. The van der Waals surface area contributed by atoms with Crippen molar-refractivity contribution in [1.29, 1.82) is 0 Å². The van der Waals surface area contributed by atoms with Crippen molar-refractivity contribution in [2.45, 2.75) is 25.3 Å². The maximum Gasteiger partial charge on any atom is 0.209 e. The average Bonchev–Trinajstić information content (AvgIpc) is 2.10. The molecule has 1 saturated carbocycles. The molecule has 6 heteroatoms. The van der Waals surface area contributed by atoms with Crippen molar-refractivity contribution in [2.75, 3.05) is 5.75 Å². The SMILES string of the molecule is Cl.N[C@@H]1CC[C@H](CS(N)(=O)=O)C1. The van der Waals surface area contributed by atoms with Crippen LogP contribution in [0.1, 0.15) is 19.3 Å². The maximum atomic E-state index is 10.6. The van der Waals surface area contributed by atoms with Gasteiger partial charge in [-0.25, -0.2) is 13.6 Å². The Kier molecular flexibility index (Phi) is 4.47. The second-order valence-corrected chi connectivity index (χ2v) is 4.93. The number of nitrogens with two attached hydrogens (primary N) is 2. The van der Waals surface area contributed by atoms with E-state index < -0.39 is 10.0 Å². The molecule has 1 aliphatic rings. The zero-order chi connectivity index (χ0) is 8.48. The first kappa shape index (κ1) is 12.2. The molecule has 0 unspecified atom stereocenters. The fraction of sp³-hybridized carbons (Fsp3) is 1.00. The maximum absolute atomic E-state index is 10.6. The highest BCUT2D eigenvalue weighted by Gasteiger charge is 2.24. The zero-order valence-corrected chi connectivity index (χ0v) is 8.40. The van der Waals surface area contributed by atoms with E-state index in [1.54, 1.807) is 0 Å². The highest BCUT2D eigenvalue weighted by molar-refractivity contribution is 7.89. The number of rotatable bonds is 2. The van der Waals surface area contributed by atoms with Gasteiger partial charge in [-0.05, 0) is 25.2 Å². The summed E-state index contributed by atoms with van der Waals surface area (Å²) in [7, 11) is -3.29. The molecule has 12 heavy (non-hydrogen) atoms. The van der Waals surface area contributed by atoms with E-state index in [1.807, 2.05) is 0 Å². The van der Waals surface area contributed by atoms with Gasteiger partial charge in [-0.1, -0.05) is 0 Å².